The van der Waals surface area contributed by atoms with E-state index >= 15 is 0 Å². The summed E-state index contributed by atoms with van der Waals surface area (Å²) in [6.45, 7) is 3.21. The molecule has 0 heterocycles. The molecular formula is C19H20N2O6. The zero-order valence-corrected chi connectivity index (χ0v) is 15.2. The van der Waals surface area contributed by atoms with Crippen molar-refractivity contribution >= 4 is 17.6 Å². The SMILES string of the molecule is COc1ccccc1CNC(=O)[C@H](C)OC(=O)c1ccc(C)c([N+](=O)[O-])c1. The van der Waals surface area contributed by atoms with Gasteiger partial charge >= 0.3 is 5.97 Å². The number of benzene rings is 2. The minimum absolute atomic E-state index is 0.0108. The van der Waals surface area contributed by atoms with Crippen molar-refractivity contribution in [2.45, 2.75) is 26.5 Å². The molecule has 2 aromatic carbocycles. The molecule has 8 heteroatoms. The summed E-state index contributed by atoms with van der Waals surface area (Å²) < 4.78 is 10.3. The van der Waals surface area contributed by atoms with Gasteiger partial charge < -0.3 is 14.8 Å². The number of nitro groups is 1. The largest absolute Gasteiger partial charge is 0.496 e. The highest BCUT2D eigenvalue weighted by Crippen LogP contribution is 2.20. The summed E-state index contributed by atoms with van der Waals surface area (Å²) in [6.07, 6.45) is -1.06. The number of aryl methyl sites for hydroxylation is 1. The Hall–Kier alpha value is -3.42. The van der Waals surface area contributed by atoms with Crippen LogP contribution in [0.5, 0.6) is 5.75 Å². The Morgan fingerprint density at radius 2 is 1.93 bits per heavy atom. The van der Waals surface area contributed by atoms with Gasteiger partial charge in [-0.05, 0) is 26.0 Å². The zero-order chi connectivity index (χ0) is 20.0. The Labute approximate surface area is 156 Å². The van der Waals surface area contributed by atoms with Crippen LogP contribution in [0.3, 0.4) is 0 Å². The number of nitrogens with one attached hydrogen (secondary N) is 1. The van der Waals surface area contributed by atoms with Gasteiger partial charge in [0.2, 0.25) is 0 Å². The highest BCUT2D eigenvalue weighted by molar-refractivity contribution is 5.93. The molecular weight excluding hydrogens is 352 g/mol. The summed E-state index contributed by atoms with van der Waals surface area (Å²) >= 11 is 0. The topological polar surface area (TPSA) is 108 Å². The molecule has 0 saturated heterocycles. The van der Waals surface area contributed by atoms with E-state index in [9.17, 15) is 19.7 Å². The summed E-state index contributed by atoms with van der Waals surface area (Å²) in [6, 6.07) is 11.2. The second-order valence-corrected chi connectivity index (χ2v) is 5.84. The smallest absolute Gasteiger partial charge is 0.339 e. The standard InChI is InChI=1S/C19H20N2O6/c1-12-8-9-14(10-16(12)21(24)25)19(23)27-13(2)18(22)20-11-15-6-4-5-7-17(15)26-3/h4-10,13H,11H2,1-3H3,(H,20,22)/t13-/m0/s1. The monoisotopic (exact) mass is 372 g/mol. The quantitative estimate of drug-likeness (QED) is 0.455. The molecule has 0 aromatic heterocycles. The van der Waals surface area contributed by atoms with Gasteiger partial charge in [-0.25, -0.2) is 4.79 Å². The number of hydrogen-bond acceptors (Lipinski definition) is 6. The first kappa shape index (κ1) is 19.9. The third kappa shape index (κ3) is 5.04. The zero-order valence-electron chi connectivity index (χ0n) is 15.2. The molecule has 0 unspecified atom stereocenters. The van der Waals surface area contributed by atoms with E-state index in [4.69, 9.17) is 9.47 Å². The van der Waals surface area contributed by atoms with E-state index in [1.807, 2.05) is 12.1 Å². The summed E-state index contributed by atoms with van der Waals surface area (Å²) in [5.41, 5.74) is 1.04. The molecule has 1 atom stereocenters. The summed E-state index contributed by atoms with van der Waals surface area (Å²) in [5, 5.41) is 13.6. The fourth-order valence-electron chi connectivity index (χ4n) is 2.39. The lowest BCUT2D eigenvalue weighted by molar-refractivity contribution is -0.385. The van der Waals surface area contributed by atoms with Crippen molar-refractivity contribution in [2.24, 2.45) is 0 Å². The predicted molar refractivity (Wildman–Crippen MR) is 97.6 cm³/mol. The normalized spacial score (nSPS) is 11.4. The van der Waals surface area contributed by atoms with Crippen LogP contribution in [0.15, 0.2) is 42.5 Å². The molecule has 0 aliphatic carbocycles. The third-order valence-electron chi connectivity index (χ3n) is 3.94. The van der Waals surface area contributed by atoms with Crippen molar-refractivity contribution in [1.29, 1.82) is 0 Å². The molecule has 142 valence electrons. The first-order chi connectivity index (χ1) is 12.8. The van der Waals surface area contributed by atoms with Crippen LogP contribution in [0.25, 0.3) is 0 Å². The van der Waals surface area contributed by atoms with Crippen molar-refractivity contribution in [2.75, 3.05) is 7.11 Å². The molecule has 2 aromatic rings. The third-order valence-corrected chi connectivity index (χ3v) is 3.94. The predicted octanol–water partition coefficient (Wildman–Crippen LogP) is 2.77. The number of hydrogen-bond donors (Lipinski definition) is 1. The minimum Gasteiger partial charge on any atom is -0.496 e. The molecule has 0 radical (unpaired) electrons. The van der Waals surface area contributed by atoms with Crippen molar-refractivity contribution in [3.63, 3.8) is 0 Å². The number of ether oxygens (including phenoxy) is 2. The van der Waals surface area contributed by atoms with Gasteiger partial charge in [-0.2, -0.15) is 0 Å². The van der Waals surface area contributed by atoms with Crippen LogP contribution in [-0.4, -0.2) is 30.0 Å². The van der Waals surface area contributed by atoms with Crippen molar-refractivity contribution < 1.29 is 24.0 Å². The van der Waals surface area contributed by atoms with Crippen LogP contribution >= 0.6 is 0 Å². The maximum Gasteiger partial charge on any atom is 0.339 e. The summed E-state index contributed by atoms with van der Waals surface area (Å²) in [7, 11) is 1.53. The molecule has 0 fully saturated rings. The number of para-hydroxylation sites is 1. The van der Waals surface area contributed by atoms with E-state index in [1.54, 1.807) is 19.1 Å². The molecule has 27 heavy (non-hydrogen) atoms. The maximum absolute atomic E-state index is 12.2. The number of nitrogens with zero attached hydrogens (tertiary/aromatic N) is 1. The van der Waals surface area contributed by atoms with E-state index < -0.39 is 22.9 Å². The second-order valence-electron chi connectivity index (χ2n) is 5.84. The van der Waals surface area contributed by atoms with Crippen LogP contribution in [0.1, 0.15) is 28.4 Å². The van der Waals surface area contributed by atoms with Gasteiger partial charge in [0.1, 0.15) is 5.75 Å². The Balaban J connectivity index is 1.98. The Morgan fingerprint density at radius 3 is 2.59 bits per heavy atom. The van der Waals surface area contributed by atoms with Crippen molar-refractivity contribution in [3.8, 4) is 5.75 Å². The van der Waals surface area contributed by atoms with Gasteiger partial charge in [-0.3, -0.25) is 14.9 Å². The van der Waals surface area contributed by atoms with E-state index in [0.29, 0.717) is 11.3 Å². The van der Waals surface area contributed by atoms with Crippen molar-refractivity contribution in [1.82, 2.24) is 5.32 Å². The Morgan fingerprint density at radius 1 is 1.22 bits per heavy atom. The molecule has 8 nitrogen and oxygen atoms in total. The lowest BCUT2D eigenvalue weighted by Crippen LogP contribution is -2.35. The van der Waals surface area contributed by atoms with Crippen LogP contribution in [-0.2, 0) is 16.1 Å². The van der Waals surface area contributed by atoms with Gasteiger partial charge in [-0.1, -0.05) is 24.3 Å². The van der Waals surface area contributed by atoms with E-state index in [1.165, 1.54) is 26.2 Å². The Bertz CT molecular complexity index is 865. The number of carbonyl (C=O) groups excluding carboxylic acids is 2. The van der Waals surface area contributed by atoms with E-state index in [2.05, 4.69) is 5.32 Å². The second kappa shape index (κ2) is 8.79. The summed E-state index contributed by atoms with van der Waals surface area (Å²) in [5.74, 6) is -0.664. The molecule has 0 bridgehead atoms. The van der Waals surface area contributed by atoms with Gasteiger partial charge in [0, 0.05) is 23.7 Å². The lowest BCUT2D eigenvalue weighted by atomic mass is 10.1. The molecule has 1 N–H and O–H groups in total. The van der Waals surface area contributed by atoms with E-state index in [-0.39, 0.29) is 17.8 Å². The van der Waals surface area contributed by atoms with Gasteiger partial charge in [0.25, 0.3) is 11.6 Å². The molecule has 1 amide bonds. The number of methoxy groups -OCH3 is 1. The molecule has 2 rings (SSSR count). The van der Waals surface area contributed by atoms with Gasteiger partial charge in [0.15, 0.2) is 6.10 Å². The average Bonchev–Trinajstić information content (AvgIpc) is 2.66. The molecule has 0 spiro atoms. The first-order valence-corrected chi connectivity index (χ1v) is 8.19. The molecule has 0 aliphatic heterocycles. The van der Waals surface area contributed by atoms with Crippen LogP contribution in [0, 0.1) is 17.0 Å². The van der Waals surface area contributed by atoms with Gasteiger partial charge in [0.05, 0.1) is 17.6 Å². The molecule has 0 aliphatic rings. The highest BCUT2D eigenvalue weighted by atomic mass is 16.6. The first-order valence-electron chi connectivity index (χ1n) is 8.19. The fraction of sp³-hybridized carbons (Fsp3) is 0.263. The van der Waals surface area contributed by atoms with Crippen LogP contribution in [0.4, 0.5) is 5.69 Å². The van der Waals surface area contributed by atoms with Gasteiger partial charge in [-0.15, -0.1) is 0 Å². The number of nitro benzene ring substituents is 1. The van der Waals surface area contributed by atoms with Crippen LogP contribution in [0.2, 0.25) is 0 Å². The number of carbonyl (C=O) groups is 2. The van der Waals surface area contributed by atoms with E-state index in [0.717, 1.165) is 11.6 Å². The highest BCUT2D eigenvalue weighted by Gasteiger charge is 2.21. The minimum atomic E-state index is -1.06. The fourth-order valence-corrected chi connectivity index (χ4v) is 2.39. The summed E-state index contributed by atoms with van der Waals surface area (Å²) in [4.78, 5) is 34.8. The van der Waals surface area contributed by atoms with Crippen molar-refractivity contribution in [3.05, 3.63) is 69.3 Å². The number of amides is 1. The van der Waals surface area contributed by atoms with Crippen LogP contribution < -0.4 is 10.1 Å². The average molecular weight is 372 g/mol. The lowest BCUT2D eigenvalue weighted by Gasteiger charge is -2.14. The Kier molecular flexibility index (Phi) is 6.48. The number of rotatable bonds is 7. The number of esters is 1. The molecule has 0 saturated carbocycles. The maximum atomic E-state index is 12.2.